The number of rotatable bonds is 4. The molecular formula is C12H17NO3. The second-order valence-corrected chi connectivity index (χ2v) is 4.37. The van der Waals surface area contributed by atoms with Gasteiger partial charge in [-0.25, -0.2) is 4.79 Å². The Balaban J connectivity index is 3.01. The number of ether oxygens (including phenoxy) is 1. The van der Waals surface area contributed by atoms with Crippen LogP contribution in [0.4, 0.5) is 4.79 Å². The summed E-state index contributed by atoms with van der Waals surface area (Å²) < 4.78 is 5.07. The lowest BCUT2D eigenvalue weighted by Gasteiger charge is -2.31. The van der Waals surface area contributed by atoms with E-state index < -0.39 is 17.6 Å². The molecule has 4 heteroatoms. The van der Waals surface area contributed by atoms with Gasteiger partial charge in [0, 0.05) is 5.41 Å². The van der Waals surface area contributed by atoms with Crippen molar-refractivity contribution in [3.05, 3.63) is 35.9 Å². The van der Waals surface area contributed by atoms with Gasteiger partial charge in [-0.3, -0.25) is 0 Å². The first-order chi connectivity index (χ1) is 7.47. The first-order valence-corrected chi connectivity index (χ1v) is 5.09. The van der Waals surface area contributed by atoms with Crippen LogP contribution < -0.4 is 5.73 Å². The molecule has 0 spiro atoms. The summed E-state index contributed by atoms with van der Waals surface area (Å²) in [5, 5.41) is 9.31. The largest absolute Gasteiger partial charge is 0.441 e. The molecule has 1 aromatic carbocycles. The van der Waals surface area contributed by atoms with Crippen LogP contribution in [-0.2, 0) is 4.74 Å². The number of benzene rings is 1. The summed E-state index contributed by atoms with van der Waals surface area (Å²) in [4.78, 5) is 10.9. The van der Waals surface area contributed by atoms with E-state index in [-0.39, 0.29) is 6.61 Å². The van der Waals surface area contributed by atoms with Crippen molar-refractivity contribution < 1.29 is 14.6 Å². The van der Waals surface area contributed by atoms with Crippen LogP contribution in [0.5, 0.6) is 0 Å². The van der Waals surface area contributed by atoms with Gasteiger partial charge < -0.3 is 15.6 Å². The molecule has 0 saturated carbocycles. The first-order valence-electron chi connectivity index (χ1n) is 5.09. The monoisotopic (exact) mass is 223 g/mol. The van der Waals surface area contributed by atoms with Gasteiger partial charge in [-0.15, -0.1) is 0 Å². The number of hydrogen-bond acceptors (Lipinski definition) is 3. The predicted octanol–water partition coefficient (Wildman–Crippen LogP) is 1.84. The van der Waals surface area contributed by atoms with Crippen molar-refractivity contribution in [2.45, 2.75) is 20.0 Å². The summed E-state index contributed by atoms with van der Waals surface area (Å²) in [5.41, 5.74) is 5.29. The Labute approximate surface area is 95.0 Å². The SMILES string of the molecule is CC(C)(CO)C(OC(N)=O)c1ccccc1. The third kappa shape index (κ3) is 2.97. The molecule has 1 atom stereocenters. The zero-order valence-electron chi connectivity index (χ0n) is 9.51. The minimum absolute atomic E-state index is 0.0974. The van der Waals surface area contributed by atoms with Gasteiger partial charge in [0.15, 0.2) is 0 Å². The number of aliphatic hydroxyl groups is 1. The molecule has 0 aliphatic carbocycles. The summed E-state index contributed by atoms with van der Waals surface area (Å²) in [7, 11) is 0. The van der Waals surface area contributed by atoms with Gasteiger partial charge in [0.05, 0.1) is 6.61 Å². The quantitative estimate of drug-likeness (QED) is 0.818. The maximum Gasteiger partial charge on any atom is 0.405 e. The number of carbonyl (C=O) groups excluding carboxylic acids is 1. The molecule has 16 heavy (non-hydrogen) atoms. The van der Waals surface area contributed by atoms with Crippen molar-refractivity contribution in [1.29, 1.82) is 0 Å². The molecule has 0 bridgehead atoms. The molecule has 1 unspecified atom stereocenters. The van der Waals surface area contributed by atoms with Gasteiger partial charge in [-0.1, -0.05) is 44.2 Å². The smallest absolute Gasteiger partial charge is 0.405 e. The fourth-order valence-electron chi connectivity index (χ4n) is 1.51. The normalized spacial score (nSPS) is 13.2. The third-order valence-electron chi connectivity index (χ3n) is 2.45. The van der Waals surface area contributed by atoms with Crippen LogP contribution in [0.2, 0.25) is 0 Å². The molecule has 0 saturated heterocycles. The zero-order valence-corrected chi connectivity index (χ0v) is 9.51. The predicted molar refractivity (Wildman–Crippen MR) is 60.7 cm³/mol. The molecule has 4 nitrogen and oxygen atoms in total. The fraction of sp³-hybridized carbons (Fsp3) is 0.417. The van der Waals surface area contributed by atoms with Gasteiger partial charge in [0.1, 0.15) is 6.10 Å². The van der Waals surface area contributed by atoms with Crippen LogP contribution in [0.3, 0.4) is 0 Å². The lowest BCUT2D eigenvalue weighted by atomic mass is 9.83. The summed E-state index contributed by atoms with van der Waals surface area (Å²) in [6.45, 7) is 3.53. The van der Waals surface area contributed by atoms with E-state index in [1.54, 1.807) is 0 Å². The number of primary amides is 1. The Morgan fingerprint density at radius 2 is 2.00 bits per heavy atom. The summed E-state index contributed by atoms with van der Waals surface area (Å²) in [6, 6.07) is 9.24. The van der Waals surface area contributed by atoms with E-state index in [4.69, 9.17) is 10.5 Å². The number of amides is 1. The molecule has 0 aromatic heterocycles. The molecule has 88 valence electrons. The maximum atomic E-state index is 10.9. The number of hydrogen-bond donors (Lipinski definition) is 2. The highest BCUT2D eigenvalue weighted by Gasteiger charge is 2.33. The summed E-state index contributed by atoms with van der Waals surface area (Å²) in [6.07, 6.45) is -1.38. The van der Waals surface area contributed by atoms with Crippen LogP contribution >= 0.6 is 0 Å². The van der Waals surface area contributed by atoms with Gasteiger partial charge in [-0.2, -0.15) is 0 Å². The van der Waals surface area contributed by atoms with E-state index in [9.17, 15) is 9.90 Å². The highest BCUT2D eigenvalue weighted by Crippen LogP contribution is 2.35. The summed E-state index contributed by atoms with van der Waals surface area (Å²) >= 11 is 0. The van der Waals surface area contributed by atoms with Crippen LogP contribution in [0.1, 0.15) is 25.5 Å². The van der Waals surface area contributed by atoms with E-state index >= 15 is 0 Å². The molecule has 0 heterocycles. The average Bonchev–Trinajstić information content (AvgIpc) is 2.27. The Morgan fingerprint density at radius 1 is 1.44 bits per heavy atom. The number of nitrogens with two attached hydrogens (primary N) is 1. The maximum absolute atomic E-state index is 10.9. The lowest BCUT2D eigenvalue weighted by Crippen LogP contribution is -2.31. The Morgan fingerprint density at radius 3 is 2.44 bits per heavy atom. The molecule has 3 N–H and O–H groups in total. The number of carbonyl (C=O) groups is 1. The van der Waals surface area contributed by atoms with Gasteiger partial charge in [0.2, 0.25) is 0 Å². The molecule has 1 amide bonds. The minimum atomic E-state index is -0.838. The average molecular weight is 223 g/mol. The molecular weight excluding hydrogens is 206 g/mol. The molecule has 1 aromatic rings. The van der Waals surface area contributed by atoms with Gasteiger partial charge >= 0.3 is 6.09 Å². The van der Waals surface area contributed by atoms with Gasteiger partial charge in [-0.05, 0) is 5.56 Å². The van der Waals surface area contributed by atoms with E-state index in [0.717, 1.165) is 5.56 Å². The first kappa shape index (κ1) is 12.5. The molecule has 0 aliphatic rings. The molecule has 0 aliphatic heterocycles. The second-order valence-electron chi connectivity index (χ2n) is 4.37. The van der Waals surface area contributed by atoms with E-state index in [2.05, 4.69) is 0 Å². The minimum Gasteiger partial charge on any atom is -0.441 e. The van der Waals surface area contributed by atoms with Crippen molar-refractivity contribution in [3.8, 4) is 0 Å². The van der Waals surface area contributed by atoms with Crippen molar-refractivity contribution in [2.75, 3.05) is 6.61 Å². The third-order valence-corrected chi connectivity index (χ3v) is 2.45. The van der Waals surface area contributed by atoms with E-state index in [1.165, 1.54) is 0 Å². The molecule has 0 fully saturated rings. The highest BCUT2D eigenvalue weighted by atomic mass is 16.6. The lowest BCUT2D eigenvalue weighted by molar-refractivity contribution is -0.00580. The van der Waals surface area contributed by atoms with Crippen molar-refractivity contribution in [3.63, 3.8) is 0 Å². The highest BCUT2D eigenvalue weighted by molar-refractivity contribution is 5.65. The van der Waals surface area contributed by atoms with Crippen molar-refractivity contribution >= 4 is 6.09 Å². The summed E-state index contributed by atoms with van der Waals surface area (Å²) in [5.74, 6) is 0. The Hall–Kier alpha value is -1.55. The zero-order chi connectivity index (χ0) is 12.2. The Bertz CT molecular complexity index is 349. The standard InChI is InChI=1S/C12H17NO3/c1-12(2,8-14)10(16-11(13)15)9-6-4-3-5-7-9/h3-7,10,14H,8H2,1-2H3,(H2,13,15). The van der Waals surface area contributed by atoms with Crippen LogP contribution in [-0.4, -0.2) is 17.8 Å². The second kappa shape index (κ2) is 4.99. The Kier molecular flexibility index (Phi) is 3.90. The van der Waals surface area contributed by atoms with Crippen LogP contribution in [0.25, 0.3) is 0 Å². The fourth-order valence-corrected chi connectivity index (χ4v) is 1.51. The van der Waals surface area contributed by atoms with Crippen LogP contribution in [0.15, 0.2) is 30.3 Å². The van der Waals surface area contributed by atoms with E-state index in [0.29, 0.717) is 0 Å². The van der Waals surface area contributed by atoms with Crippen LogP contribution in [0, 0.1) is 5.41 Å². The number of aliphatic hydroxyl groups excluding tert-OH is 1. The molecule has 1 rings (SSSR count). The topological polar surface area (TPSA) is 72.6 Å². The molecule has 0 radical (unpaired) electrons. The van der Waals surface area contributed by atoms with Crippen molar-refractivity contribution in [2.24, 2.45) is 11.1 Å². The van der Waals surface area contributed by atoms with Crippen molar-refractivity contribution in [1.82, 2.24) is 0 Å². The van der Waals surface area contributed by atoms with E-state index in [1.807, 2.05) is 44.2 Å². The van der Waals surface area contributed by atoms with Gasteiger partial charge in [0.25, 0.3) is 0 Å².